The zero-order chi connectivity index (χ0) is 15.1. The number of carbonyl (C=O) groups is 2. The first-order chi connectivity index (χ1) is 9.45. The number of ether oxygens (including phenoxy) is 1. The van der Waals surface area contributed by atoms with E-state index < -0.39 is 0 Å². The van der Waals surface area contributed by atoms with Crippen molar-refractivity contribution in [2.75, 3.05) is 19.9 Å². The second kappa shape index (κ2) is 8.32. The molecule has 1 rings (SSSR count). The molecule has 110 valence electrons. The predicted molar refractivity (Wildman–Crippen MR) is 84.6 cm³/mol. The monoisotopic (exact) mass is 359 g/mol. The molecule has 0 aliphatic rings. The van der Waals surface area contributed by atoms with Crippen LogP contribution in [0.15, 0.2) is 28.7 Å². The summed E-state index contributed by atoms with van der Waals surface area (Å²) in [6.45, 7) is 2.27. The van der Waals surface area contributed by atoms with Gasteiger partial charge in [-0.2, -0.15) is 0 Å². The number of rotatable bonds is 6. The van der Waals surface area contributed by atoms with Crippen LogP contribution < -0.4 is 0 Å². The predicted octanol–water partition coefficient (Wildman–Crippen LogP) is 2.70. The van der Waals surface area contributed by atoms with E-state index in [1.54, 1.807) is 18.9 Å². The molecule has 4 nitrogen and oxygen atoms in total. The largest absolute Gasteiger partial charge is 0.468 e. The fourth-order valence-electron chi connectivity index (χ4n) is 1.51. The summed E-state index contributed by atoms with van der Waals surface area (Å²) in [6, 6.07) is 7.79. The van der Waals surface area contributed by atoms with Crippen molar-refractivity contribution < 1.29 is 14.3 Å². The molecule has 0 saturated carbocycles. The molecule has 0 spiro atoms. The van der Waals surface area contributed by atoms with Crippen molar-refractivity contribution in [1.82, 2.24) is 4.90 Å². The smallest absolute Gasteiger partial charge is 0.318 e. The van der Waals surface area contributed by atoms with Crippen molar-refractivity contribution in [1.29, 1.82) is 0 Å². The summed E-state index contributed by atoms with van der Waals surface area (Å²) in [7, 11) is 3.10. The van der Waals surface area contributed by atoms with E-state index in [4.69, 9.17) is 0 Å². The molecule has 0 aromatic heterocycles. The molecule has 0 N–H and O–H groups in total. The van der Waals surface area contributed by atoms with Gasteiger partial charge in [0.2, 0.25) is 5.91 Å². The standard InChI is InChI=1S/C14H18BrNO3S/c1-10(14(18)19-3)20-9-13(17)16(2)8-11-6-4-5-7-12(11)15/h4-7,10H,8-9H2,1-3H3. The molecule has 1 atom stereocenters. The van der Waals surface area contributed by atoms with Gasteiger partial charge in [0.15, 0.2) is 0 Å². The molecule has 1 aromatic rings. The Morgan fingerprint density at radius 2 is 2.05 bits per heavy atom. The van der Waals surface area contributed by atoms with Crippen molar-refractivity contribution in [2.24, 2.45) is 0 Å². The summed E-state index contributed by atoms with van der Waals surface area (Å²) in [5.74, 6) is -0.0604. The topological polar surface area (TPSA) is 46.6 Å². The van der Waals surface area contributed by atoms with Crippen molar-refractivity contribution in [2.45, 2.75) is 18.7 Å². The van der Waals surface area contributed by atoms with E-state index in [0.717, 1.165) is 10.0 Å². The molecule has 0 aliphatic heterocycles. The van der Waals surface area contributed by atoms with Crippen LogP contribution in [-0.4, -0.2) is 41.9 Å². The minimum absolute atomic E-state index is 0.0125. The lowest BCUT2D eigenvalue weighted by Gasteiger charge is -2.18. The maximum Gasteiger partial charge on any atom is 0.318 e. The van der Waals surface area contributed by atoms with Crippen LogP contribution in [0.5, 0.6) is 0 Å². The first kappa shape index (κ1) is 17.0. The molecular formula is C14H18BrNO3S. The van der Waals surface area contributed by atoms with E-state index in [1.807, 2.05) is 24.3 Å². The number of hydrogen-bond acceptors (Lipinski definition) is 4. The Morgan fingerprint density at radius 3 is 2.65 bits per heavy atom. The van der Waals surface area contributed by atoms with Gasteiger partial charge in [-0.25, -0.2) is 0 Å². The Balaban J connectivity index is 2.48. The first-order valence-corrected chi connectivity index (χ1v) is 7.96. The fourth-order valence-corrected chi connectivity index (χ4v) is 2.77. The molecule has 0 aliphatic carbocycles. The average Bonchev–Trinajstić information content (AvgIpc) is 2.45. The van der Waals surface area contributed by atoms with Crippen molar-refractivity contribution in [3.8, 4) is 0 Å². The summed E-state index contributed by atoms with van der Waals surface area (Å²) in [5, 5.41) is -0.333. The van der Waals surface area contributed by atoms with Crippen LogP contribution in [0, 0.1) is 0 Å². The third kappa shape index (κ3) is 5.17. The number of methoxy groups -OCH3 is 1. The van der Waals surface area contributed by atoms with Crippen LogP contribution in [0.1, 0.15) is 12.5 Å². The lowest BCUT2D eigenvalue weighted by molar-refractivity contribution is -0.139. The number of thioether (sulfide) groups is 1. The average molecular weight is 360 g/mol. The minimum Gasteiger partial charge on any atom is -0.468 e. The lowest BCUT2D eigenvalue weighted by atomic mass is 10.2. The van der Waals surface area contributed by atoms with Gasteiger partial charge in [-0.1, -0.05) is 34.1 Å². The molecule has 0 radical (unpaired) electrons. The molecule has 1 aromatic carbocycles. The third-order valence-corrected chi connectivity index (χ3v) is 4.66. The lowest BCUT2D eigenvalue weighted by Crippen LogP contribution is -2.29. The zero-order valence-corrected chi connectivity index (χ0v) is 14.2. The minimum atomic E-state index is -0.333. The van der Waals surface area contributed by atoms with Crippen LogP contribution in [-0.2, 0) is 20.9 Å². The maximum absolute atomic E-state index is 12.0. The number of esters is 1. The van der Waals surface area contributed by atoms with Gasteiger partial charge in [0.05, 0.1) is 12.9 Å². The van der Waals surface area contributed by atoms with E-state index in [0.29, 0.717) is 6.54 Å². The molecule has 6 heteroatoms. The molecule has 0 heterocycles. The van der Waals surface area contributed by atoms with Gasteiger partial charge in [-0.3, -0.25) is 9.59 Å². The highest BCUT2D eigenvalue weighted by Crippen LogP contribution is 2.18. The Morgan fingerprint density at radius 1 is 1.40 bits per heavy atom. The normalized spacial score (nSPS) is 11.8. The van der Waals surface area contributed by atoms with Crippen LogP contribution in [0.25, 0.3) is 0 Å². The molecule has 0 fully saturated rings. The summed E-state index contributed by atoms with van der Waals surface area (Å²) in [5.41, 5.74) is 1.05. The Bertz CT molecular complexity index is 481. The molecular weight excluding hydrogens is 342 g/mol. The number of halogens is 1. The zero-order valence-electron chi connectivity index (χ0n) is 11.8. The molecule has 0 bridgehead atoms. The summed E-state index contributed by atoms with van der Waals surface area (Å²) in [6.07, 6.45) is 0. The second-order valence-electron chi connectivity index (χ2n) is 4.32. The van der Waals surface area contributed by atoms with E-state index in [9.17, 15) is 9.59 Å². The quantitative estimate of drug-likeness (QED) is 0.732. The second-order valence-corrected chi connectivity index (χ2v) is 6.50. The highest BCUT2D eigenvalue weighted by atomic mass is 79.9. The van der Waals surface area contributed by atoms with Crippen molar-refractivity contribution in [3.63, 3.8) is 0 Å². The van der Waals surface area contributed by atoms with Gasteiger partial charge in [0.1, 0.15) is 5.25 Å². The van der Waals surface area contributed by atoms with Gasteiger partial charge in [0.25, 0.3) is 0 Å². The highest BCUT2D eigenvalue weighted by molar-refractivity contribution is 9.10. The van der Waals surface area contributed by atoms with Crippen LogP contribution in [0.4, 0.5) is 0 Å². The Hall–Kier alpha value is -1.01. The van der Waals surface area contributed by atoms with E-state index in [2.05, 4.69) is 20.7 Å². The van der Waals surface area contributed by atoms with E-state index in [-0.39, 0.29) is 22.9 Å². The molecule has 20 heavy (non-hydrogen) atoms. The first-order valence-electron chi connectivity index (χ1n) is 6.12. The number of hydrogen-bond donors (Lipinski definition) is 0. The van der Waals surface area contributed by atoms with E-state index >= 15 is 0 Å². The number of benzene rings is 1. The summed E-state index contributed by atoms with van der Waals surface area (Å²) < 4.78 is 5.61. The summed E-state index contributed by atoms with van der Waals surface area (Å²) >= 11 is 4.74. The van der Waals surface area contributed by atoms with Gasteiger partial charge < -0.3 is 9.64 Å². The number of amides is 1. The van der Waals surface area contributed by atoms with Gasteiger partial charge in [0, 0.05) is 18.1 Å². The van der Waals surface area contributed by atoms with Gasteiger partial charge in [-0.15, -0.1) is 11.8 Å². The maximum atomic E-state index is 12.0. The summed E-state index contributed by atoms with van der Waals surface area (Å²) in [4.78, 5) is 24.9. The van der Waals surface area contributed by atoms with Gasteiger partial charge in [-0.05, 0) is 18.6 Å². The van der Waals surface area contributed by atoms with Gasteiger partial charge >= 0.3 is 5.97 Å². The van der Waals surface area contributed by atoms with Crippen molar-refractivity contribution >= 4 is 39.6 Å². The van der Waals surface area contributed by atoms with Crippen LogP contribution in [0.3, 0.4) is 0 Å². The van der Waals surface area contributed by atoms with Crippen LogP contribution in [0.2, 0.25) is 0 Å². The van der Waals surface area contributed by atoms with Crippen molar-refractivity contribution in [3.05, 3.63) is 34.3 Å². The van der Waals surface area contributed by atoms with E-state index in [1.165, 1.54) is 18.9 Å². The Kier molecular flexibility index (Phi) is 7.09. The third-order valence-electron chi connectivity index (χ3n) is 2.78. The molecule has 1 amide bonds. The fraction of sp³-hybridized carbons (Fsp3) is 0.429. The molecule has 1 unspecified atom stereocenters. The Labute approximate surface area is 132 Å². The number of carbonyl (C=O) groups excluding carboxylic acids is 2. The van der Waals surface area contributed by atoms with Crippen LogP contribution >= 0.6 is 27.7 Å². The number of nitrogens with zero attached hydrogens (tertiary/aromatic N) is 1. The highest BCUT2D eigenvalue weighted by Gasteiger charge is 2.17. The molecule has 0 saturated heterocycles. The SMILES string of the molecule is COC(=O)C(C)SCC(=O)N(C)Cc1ccccc1Br.